The highest BCUT2D eigenvalue weighted by molar-refractivity contribution is 7.99. The van der Waals surface area contributed by atoms with Crippen LogP contribution in [0.4, 0.5) is 11.4 Å². The van der Waals surface area contributed by atoms with Crippen molar-refractivity contribution in [1.82, 2.24) is 0 Å². The summed E-state index contributed by atoms with van der Waals surface area (Å²) in [5, 5.41) is 10.9. The summed E-state index contributed by atoms with van der Waals surface area (Å²) >= 11 is 1.51. The number of nitro benzene ring substituents is 1. The van der Waals surface area contributed by atoms with Crippen molar-refractivity contribution < 1.29 is 13.3 Å². The Kier molecular flexibility index (Phi) is 5.27. The van der Waals surface area contributed by atoms with E-state index < -0.39 is 14.9 Å². The first kappa shape index (κ1) is 17.3. The topological polar surface area (TPSA) is 89.3 Å². The summed E-state index contributed by atoms with van der Waals surface area (Å²) < 4.78 is 27.7. The highest BCUT2D eigenvalue weighted by Gasteiger charge is 2.21. The summed E-state index contributed by atoms with van der Waals surface area (Å²) in [5.41, 5.74) is 0.654. The molecule has 0 bridgehead atoms. The van der Waals surface area contributed by atoms with E-state index in [1.54, 1.807) is 19.1 Å². The van der Waals surface area contributed by atoms with Gasteiger partial charge in [-0.15, -0.1) is 11.8 Å². The Morgan fingerprint density at radius 1 is 1.22 bits per heavy atom. The first-order chi connectivity index (χ1) is 10.8. The van der Waals surface area contributed by atoms with Crippen molar-refractivity contribution in [3.05, 3.63) is 58.1 Å². The SMILES string of the molecule is CCSc1ccccc1NS(=O)(=O)c1cc([N+](=O)[O-])ccc1C. The quantitative estimate of drug-likeness (QED) is 0.485. The lowest BCUT2D eigenvalue weighted by Crippen LogP contribution is -2.15. The van der Waals surface area contributed by atoms with Crippen LogP contribution < -0.4 is 4.72 Å². The van der Waals surface area contributed by atoms with Gasteiger partial charge in [0.25, 0.3) is 15.7 Å². The molecule has 1 N–H and O–H groups in total. The van der Waals surface area contributed by atoms with Crippen molar-refractivity contribution in [2.75, 3.05) is 10.5 Å². The Labute approximate surface area is 139 Å². The molecule has 0 fully saturated rings. The minimum atomic E-state index is -3.91. The molecule has 0 radical (unpaired) electrons. The number of hydrogen-bond acceptors (Lipinski definition) is 5. The smallest absolute Gasteiger partial charge is 0.270 e. The predicted octanol–water partition coefficient (Wildman–Crippen LogP) is 3.82. The molecule has 0 heterocycles. The second-order valence-corrected chi connectivity index (χ2v) is 7.70. The predicted molar refractivity (Wildman–Crippen MR) is 91.5 cm³/mol. The molecule has 2 aromatic rings. The number of para-hydroxylation sites is 1. The number of benzene rings is 2. The van der Waals surface area contributed by atoms with Gasteiger partial charge in [0.05, 0.1) is 15.5 Å². The second kappa shape index (κ2) is 7.01. The van der Waals surface area contributed by atoms with Crippen molar-refractivity contribution in [2.24, 2.45) is 0 Å². The maximum absolute atomic E-state index is 12.6. The van der Waals surface area contributed by atoms with Crippen molar-refractivity contribution in [2.45, 2.75) is 23.6 Å². The summed E-state index contributed by atoms with van der Waals surface area (Å²) in [6.07, 6.45) is 0. The summed E-state index contributed by atoms with van der Waals surface area (Å²) in [6.45, 7) is 3.58. The molecule has 23 heavy (non-hydrogen) atoms. The van der Waals surface area contributed by atoms with E-state index in [0.29, 0.717) is 11.3 Å². The van der Waals surface area contributed by atoms with Crippen LogP contribution in [0.25, 0.3) is 0 Å². The number of nitrogens with zero attached hydrogens (tertiary/aromatic N) is 1. The van der Waals surface area contributed by atoms with Crippen LogP contribution in [0.1, 0.15) is 12.5 Å². The average Bonchev–Trinajstić information content (AvgIpc) is 2.49. The van der Waals surface area contributed by atoms with Gasteiger partial charge in [-0.25, -0.2) is 8.42 Å². The van der Waals surface area contributed by atoms with Gasteiger partial charge in [-0.1, -0.05) is 25.1 Å². The number of rotatable bonds is 6. The fourth-order valence-electron chi connectivity index (χ4n) is 2.02. The molecule has 8 heteroatoms. The molecule has 2 aromatic carbocycles. The molecule has 122 valence electrons. The van der Waals surface area contributed by atoms with Crippen LogP contribution in [-0.2, 0) is 10.0 Å². The molecule has 0 aromatic heterocycles. The molecule has 2 rings (SSSR count). The largest absolute Gasteiger partial charge is 0.278 e. The Morgan fingerprint density at radius 2 is 1.91 bits per heavy atom. The van der Waals surface area contributed by atoms with Gasteiger partial charge in [0, 0.05) is 17.0 Å². The fourth-order valence-corrected chi connectivity index (χ4v) is 4.19. The molecule has 0 saturated heterocycles. The number of nitro groups is 1. The lowest BCUT2D eigenvalue weighted by Gasteiger charge is -2.13. The number of aryl methyl sites for hydroxylation is 1. The van der Waals surface area contributed by atoms with E-state index in [1.807, 2.05) is 19.1 Å². The number of sulfonamides is 1. The molecule has 0 amide bonds. The maximum atomic E-state index is 12.6. The van der Waals surface area contributed by atoms with Crippen molar-refractivity contribution >= 4 is 33.2 Å². The third kappa shape index (κ3) is 4.02. The summed E-state index contributed by atoms with van der Waals surface area (Å²) in [6, 6.07) is 10.8. The van der Waals surface area contributed by atoms with Gasteiger partial charge in [-0.3, -0.25) is 14.8 Å². The molecule has 0 aliphatic heterocycles. The van der Waals surface area contributed by atoms with Crippen LogP contribution in [-0.4, -0.2) is 19.1 Å². The van der Waals surface area contributed by atoms with Gasteiger partial charge in [0.2, 0.25) is 0 Å². The Balaban J connectivity index is 2.44. The van der Waals surface area contributed by atoms with E-state index in [0.717, 1.165) is 16.7 Å². The monoisotopic (exact) mass is 352 g/mol. The zero-order valence-corrected chi connectivity index (χ0v) is 14.3. The number of thioether (sulfide) groups is 1. The number of nitrogens with one attached hydrogen (secondary N) is 1. The standard InChI is InChI=1S/C15H16N2O4S2/c1-3-22-14-7-5-4-6-13(14)16-23(20,21)15-10-12(17(18)19)9-8-11(15)2/h4-10,16H,3H2,1-2H3. The molecule has 6 nitrogen and oxygen atoms in total. The lowest BCUT2D eigenvalue weighted by atomic mass is 10.2. The summed E-state index contributed by atoms with van der Waals surface area (Å²) in [7, 11) is -3.91. The second-order valence-electron chi connectivity index (χ2n) is 4.74. The van der Waals surface area contributed by atoms with Crippen LogP contribution in [0.5, 0.6) is 0 Å². The van der Waals surface area contributed by atoms with E-state index >= 15 is 0 Å². The van der Waals surface area contributed by atoms with Gasteiger partial charge in [0.15, 0.2) is 0 Å². The molecule has 0 atom stereocenters. The average molecular weight is 352 g/mol. The highest BCUT2D eigenvalue weighted by Crippen LogP contribution is 2.30. The minimum absolute atomic E-state index is 0.0944. The van der Waals surface area contributed by atoms with Gasteiger partial charge < -0.3 is 0 Å². The molecule has 0 spiro atoms. The fraction of sp³-hybridized carbons (Fsp3) is 0.200. The molecule has 0 aliphatic carbocycles. The lowest BCUT2D eigenvalue weighted by molar-refractivity contribution is -0.385. The Hall–Kier alpha value is -2.06. The number of hydrogen-bond donors (Lipinski definition) is 1. The summed E-state index contributed by atoms with van der Waals surface area (Å²) in [5.74, 6) is 0.800. The highest BCUT2D eigenvalue weighted by atomic mass is 32.2. The van der Waals surface area contributed by atoms with Crippen molar-refractivity contribution in [3.63, 3.8) is 0 Å². The first-order valence-corrected chi connectivity index (χ1v) is 9.31. The normalized spacial score (nSPS) is 11.2. The minimum Gasteiger partial charge on any atom is -0.278 e. The molecule has 0 saturated carbocycles. The van der Waals surface area contributed by atoms with E-state index in [2.05, 4.69) is 4.72 Å². The van der Waals surface area contributed by atoms with Crippen LogP contribution >= 0.6 is 11.8 Å². The zero-order chi connectivity index (χ0) is 17.0. The molecule has 0 aliphatic rings. The third-order valence-corrected chi connectivity index (χ3v) is 5.57. The van der Waals surface area contributed by atoms with Crippen LogP contribution in [0.3, 0.4) is 0 Å². The Bertz CT molecular complexity index is 835. The first-order valence-electron chi connectivity index (χ1n) is 6.85. The van der Waals surface area contributed by atoms with E-state index in [-0.39, 0.29) is 10.6 Å². The van der Waals surface area contributed by atoms with Crippen LogP contribution in [0, 0.1) is 17.0 Å². The number of non-ortho nitro benzene ring substituents is 1. The van der Waals surface area contributed by atoms with Crippen molar-refractivity contribution in [3.8, 4) is 0 Å². The van der Waals surface area contributed by atoms with Gasteiger partial charge in [-0.2, -0.15) is 0 Å². The van der Waals surface area contributed by atoms with Gasteiger partial charge in [-0.05, 0) is 30.4 Å². The molecular formula is C15H16N2O4S2. The number of anilines is 1. The van der Waals surface area contributed by atoms with Gasteiger partial charge in [0.1, 0.15) is 0 Å². The van der Waals surface area contributed by atoms with Crippen LogP contribution in [0.15, 0.2) is 52.3 Å². The van der Waals surface area contributed by atoms with Gasteiger partial charge >= 0.3 is 0 Å². The van der Waals surface area contributed by atoms with E-state index in [9.17, 15) is 18.5 Å². The van der Waals surface area contributed by atoms with E-state index in [4.69, 9.17) is 0 Å². The van der Waals surface area contributed by atoms with Crippen LogP contribution in [0.2, 0.25) is 0 Å². The molecular weight excluding hydrogens is 336 g/mol. The summed E-state index contributed by atoms with van der Waals surface area (Å²) in [4.78, 5) is 11.0. The van der Waals surface area contributed by atoms with E-state index in [1.165, 1.54) is 23.9 Å². The third-order valence-electron chi connectivity index (χ3n) is 3.10. The Morgan fingerprint density at radius 3 is 2.57 bits per heavy atom. The zero-order valence-electron chi connectivity index (χ0n) is 12.6. The van der Waals surface area contributed by atoms with Crippen molar-refractivity contribution in [1.29, 1.82) is 0 Å². The maximum Gasteiger partial charge on any atom is 0.270 e. The molecule has 0 unspecified atom stereocenters.